The zero-order valence-corrected chi connectivity index (χ0v) is 24.4. The molecule has 1 aromatic heterocycles. The van der Waals surface area contributed by atoms with Gasteiger partial charge in [0, 0.05) is 24.4 Å². The maximum atomic E-state index is 13.8. The van der Waals surface area contributed by atoms with E-state index < -0.39 is 0 Å². The zero-order valence-electron chi connectivity index (χ0n) is 24.4. The number of rotatable bonds is 9. The Kier molecular flexibility index (Phi) is 8.38. The number of aromatic nitrogens is 2. The van der Waals surface area contributed by atoms with E-state index >= 15 is 0 Å². The van der Waals surface area contributed by atoms with Gasteiger partial charge in [-0.25, -0.2) is 9.97 Å². The van der Waals surface area contributed by atoms with Gasteiger partial charge < -0.3 is 20.3 Å². The van der Waals surface area contributed by atoms with Crippen molar-refractivity contribution in [1.29, 1.82) is 5.26 Å². The quantitative estimate of drug-likeness (QED) is 0.311. The van der Waals surface area contributed by atoms with Gasteiger partial charge in [-0.05, 0) is 106 Å². The first-order valence-corrected chi connectivity index (χ1v) is 15.3. The molecule has 3 fully saturated rings. The maximum Gasteiger partial charge on any atom is 0.261 e. The number of piperidine rings is 1. The fourth-order valence-electron chi connectivity index (χ4n) is 6.37. The average Bonchev–Trinajstić information content (AvgIpc) is 3.79. The standard InChI is InChI=1S/C34H40N6O2/c1-40-17-11-25(12-18-40)23-42-27-7-8-28(26-5-3-2-4-6-26)30(19-27)38-33(41)29-22-36-31(20-35)39-32(29)37-21-24-9-13-34(14-10-24)15-16-34/h2-8,19,22,24-25H,9-18,21,23H2,1H3,(H,38,41)(H,36,37,39). The number of benzene rings is 2. The van der Waals surface area contributed by atoms with Gasteiger partial charge in [-0.3, -0.25) is 4.79 Å². The number of ether oxygens (including phenoxy) is 1. The van der Waals surface area contributed by atoms with Crippen LogP contribution in [0.4, 0.5) is 11.5 Å². The summed E-state index contributed by atoms with van der Waals surface area (Å²) in [5.74, 6) is 1.91. The molecular formula is C34H40N6O2. The molecule has 218 valence electrons. The van der Waals surface area contributed by atoms with E-state index in [1.165, 1.54) is 44.7 Å². The third-order valence-corrected chi connectivity index (χ3v) is 9.46. The molecule has 3 aromatic rings. The highest BCUT2D eigenvalue weighted by atomic mass is 16.5. The van der Waals surface area contributed by atoms with E-state index in [-0.39, 0.29) is 11.7 Å². The van der Waals surface area contributed by atoms with Gasteiger partial charge in [-0.15, -0.1) is 0 Å². The topological polar surface area (TPSA) is 103 Å². The minimum absolute atomic E-state index is 0.0453. The summed E-state index contributed by atoms with van der Waals surface area (Å²) in [6.45, 7) is 3.57. The third-order valence-electron chi connectivity index (χ3n) is 9.46. The molecule has 1 aliphatic heterocycles. The second-order valence-corrected chi connectivity index (χ2v) is 12.5. The van der Waals surface area contributed by atoms with Crippen LogP contribution in [0.1, 0.15) is 67.5 Å². The summed E-state index contributed by atoms with van der Waals surface area (Å²) in [5, 5.41) is 16.0. The van der Waals surface area contributed by atoms with E-state index in [0.29, 0.717) is 40.9 Å². The molecule has 1 amide bonds. The predicted molar refractivity (Wildman–Crippen MR) is 164 cm³/mol. The van der Waals surface area contributed by atoms with Gasteiger partial charge in [0.25, 0.3) is 5.91 Å². The van der Waals surface area contributed by atoms with Crippen LogP contribution >= 0.6 is 0 Å². The monoisotopic (exact) mass is 564 g/mol. The Morgan fingerprint density at radius 2 is 1.81 bits per heavy atom. The zero-order chi connectivity index (χ0) is 28.9. The Hall–Kier alpha value is -3.96. The molecule has 2 N–H and O–H groups in total. The number of hydrogen-bond donors (Lipinski definition) is 2. The summed E-state index contributed by atoms with van der Waals surface area (Å²) in [6.07, 6.45) is 11.4. The fourth-order valence-corrected chi connectivity index (χ4v) is 6.37. The number of nitrogens with one attached hydrogen (secondary N) is 2. The van der Waals surface area contributed by atoms with Gasteiger partial charge in [-0.1, -0.05) is 30.3 Å². The molecule has 2 aliphatic carbocycles. The smallest absolute Gasteiger partial charge is 0.261 e. The number of nitrogens with zero attached hydrogens (tertiary/aromatic N) is 4. The number of amides is 1. The second kappa shape index (κ2) is 12.5. The SMILES string of the molecule is CN1CCC(COc2ccc(-c3ccccc3)c(NC(=O)c3cnc(C#N)nc3NCC3CCC4(CC3)CC4)c2)CC1. The summed E-state index contributed by atoms with van der Waals surface area (Å²) in [4.78, 5) is 24.6. The fraction of sp³-hybridized carbons (Fsp3) is 0.471. The summed E-state index contributed by atoms with van der Waals surface area (Å²) < 4.78 is 6.24. The number of nitriles is 1. The van der Waals surface area contributed by atoms with Gasteiger partial charge in [0.15, 0.2) is 0 Å². The van der Waals surface area contributed by atoms with Gasteiger partial charge in [0.1, 0.15) is 23.2 Å². The molecule has 2 saturated carbocycles. The number of likely N-dealkylation sites (tertiary alicyclic amines) is 1. The minimum atomic E-state index is -0.327. The average molecular weight is 565 g/mol. The van der Waals surface area contributed by atoms with Crippen LogP contribution in [-0.4, -0.2) is 54.1 Å². The van der Waals surface area contributed by atoms with Crippen LogP contribution in [0.2, 0.25) is 0 Å². The van der Waals surface area contributed by atoms with Crippen LogP contribution in [0.15, 0.2) is 54.7 Å². The Morgan fingerprint density at radius 1 is 1.05 bits per heavy atom. The minimum Gasteiger partial charge on any atom is -0.493 e. The lowest BCUT2D eigenvalue weighted by atomic mass is 9.80. The Bertz CT molecular complexity index is 1430. The van der Waals surface area contributed by atoms with Crippen molar-refractivity contribution < 1.29 is 9.53 Å². The molecule has 42 heavy (non-hydrogen) atoms. The molecule has 6 rings (SSSR count). The molecule has 0 unspecified atom stereocenters. The van der Waals surface area contributed by atoms with E-state index in [1.54, 1.807) is 0 Å². The van der Waals surface area contributed by atoms with Crippen molar-refractivity contribution in [2.45, 2.75) is 51.4 Å². The molecule has 8 nitrogen and oxygen atoms in total. The molecule has 1 saturated heterocycles. The lowest BCUT2D eigenvalue weighted by molar-refractivity contribution is 0.102. The molecule has 0 radical (unpaired) electrons. The van der Waals surface area contributed by atoms with Crippen molar-refractivity contribution in [2.24, 2.45) is 17.3 Å². The van der Waals surface area contributed by atoms with Crippen LogP contribution in [0.5, 0.6) is 5.75 Å². The van der Waals surface area contributed by atoms with Crippen molar-refractivity contribution in [3.8, 4) is 22.9 Å². The van der Waals surface area contributed by atoms with E-state index in [0.717, 1.165) is 49.4 Å². The van der Waals surface area contributed by atoms with Crippen molar-refractivity contribution in [2.75, 3.05) is 43.9 Å². The van der Waals surface area contributed by atoms with Crippen LogP contribution in [-0.2, 0) is 0 Å². The van der Waals surface area contributed by atoms with E-state index in [4.69, 9.17) is 4.74 Å². The molecule has 0 atom stereocenters. The lowest BCUT2D eigenvalue weighted by Crippen LogP contribution is -2.32. The van der Waals surface area contributed by atoms with E-state index in [9.17, 15) is 10.1 Å². The third kappa shape index (κ3) is 6.74. The number of carbonyl (C=O) groups is 1. The van der Waals surface area contributed by atoms with Crippen molar-refractivity contribution >= 4 is 17.4 Å². The molecule has 2 aromatic carbocycles. The number of anilines is 2. The molecule has 1 spiro atoms. The summed E-state index contributed by atoms with van der Waals surface area (Å²) in [7, 11) is 2.16. The largest absolute Gasteiger partial charge is 0.493 e. The Morgan fingerprint density at radius 3 is 2.52 bits per heavy atom. The van der Waals surface area contributed by atoms with Crippen LogP contribution < -0.4 is 15.4 Å². The highest BCUT2D eigenvalue weighted by Gasteiger charge is 2.44. The van der Waals surface area contributed by atoms with Crippen LogP contribution in [0, 0.1) is 28.6 Å². The lowest BCUT2D eigenvalue weighted by Gasteiger charge is -2.29. The predicted octanol–water partition coefficient (Wildman–Crippen LogP) is 6.37. The summed E-state index contributed by atoms with van der Waals surface area (Å²) in [5.41, 5.74) is 3.50. The Balaban J connectivity index is 1.20. The van der Waals surface area contributed by atoms with Crippen molar-refractivity contribution in [1.82, 2.24) is 14.9 Å². The first-order valence-electron chi connectivity index (χ1n) is 15.3. The highest BCUT2D eigenvalue weighted by Crippen LogP contribution is 2.57. The summed E-state index contributed by atoms with van der Waals surface area (Å²) in [6, 6.07) is 17.9. The molecular weight excluding hydrogens is 524 g/mol. The van der Waals surface area contributed by atoms with Gasteiger partial charge in [0.05, 0.1) is 12.3 Å². The van der Waals surface area contributed by atoms with Gasteiger partial charge in [-0.2, -0.15) is 5.26 Å². The van der Waals surface area contributed by atoms with Crippen LogP contribution in [0.3, 0.4) is 0 Å². The van der Waals surface area contributed by atoms with E-state index in [1.807, 2.05) is 54.6 Å². The number of hydrogen-bond acceptors (Lipinski definition) is 7. The van der Waals surface area contributed by atoms with Crippen molar-refractivity contribution in [3.63, 3.8) is 0 Å². The van der Waals surface area contributed by atoms with E-state index in [2.05, 4.69) is 32.5 Å². The molecule has 3 aliphatic rings. The van der Waals surface area contributed by atoms with Gasteiger partial charge in [0.2, 0.25) is 5.82 Å². The molecule has 8 heteroatoms. The summed E-state index contributed by atoms with van der Waals surface area (Å²) >= 11 is 0. The first-order chi connectivity index (χ1) is 20.5. The second-order valence-electron chi connectivity index (χ2n) is 12.5. The molecule has 0 bridgehead atoms. The Labute approximate surface area is 248 Å². The number of carbonyl (C=O) groups excluding carboxylic acids is 1. The maximum absolute atomic E-state index is 13.8. The normalized spacial score (nSPS) is 18.8. The highest BCUT2D eigenvalue weighted by molar-refractivity contribution is 6.09. The van der Waals surface area contributed by atoms with Gasteiger partial charge >= 0.3 is 0 Å². The van der Waals surface area contributed by atoms with Crippen molar-refractivity contribution in [3.05, 3.63) is 66.1 Å². The molecule has 2 heterocycles. The first kappa shape index (κ1) is 28.2. The van der Waals surface area contributed by atoms with Crippen LogP contribution in [0.25, 0.3) is 11.1 Å².